The topological polar surface area (TPSA) is 175 Å². The zero-order valence-corrected chi connectivity index (χ0v) is 63.8. The van der Waals surface area contributed by atoms with Crippen LogP contribution in [0.15, 0.2) is 48.6 Å². The van der Waals surface area contributed by atoms with E-state index in [9.17, 15) is 35.1 Å². The molecule has 97 heavy (non-hydrogen) atoms. The predicted molar refractivity (Wildman–Crippen MR) is 412 cm³/mol. The molecule has 0 aliphatic carbocycles. The molecule has 7 unspecified atom stereocenters. The first kappa shape index (κ1) is 92.6. The van der Waals surface area contributed by atoms with Gasteiger partial charge < -0.3 is 45.1 Å². The minimum atomic E-state index is -1.58. The van der Waals surface area contributed by atoms with Crippen molar-refractivity contribution in [3.05, 3.63) is 48.6 Å². The van der Waals surface area contributed by atoms with Crippen molar-refractivity contribution < 1.29 is 49.3 Å². The summed E-state index contributed by atoms with van der Waals surface area (Å²) in [6, 6.07) is -0.833. The van der Waals surface area contributed by atoms with E-state index in [-0.39, 0.29) is 18.5 Å². The number of carbonyl (C=O) groups is 2. The molecule has 11 heteroatoms. The third-order valence-electron chi connectivity index (χ3n) is 20.1. The van der Waals surface area contributed by atoms with Gasteiger partial charge in [0.05, 0.1) is 32.0 Å². The summed E-state index contributed by atoms with van der Waals surface area (Å²) in [5, 5.41) is 54.6. The first-order valence-corrected chi connectivity index (χ1v) is 42.4. The smallest absolute Gasteiger partial charge is 0.305 e. The van der Waals surface area contributed by atoms with Gasteiger partial charge in [0.25, 0.3) is 0 Å². The molecular formula is C86H161NO10. The fraction of sp³-hybridized carbons (Fsp3) is 0.884. The number of carbonyl (C=O) groups excluding carboxylic acids is 2. The summed E-state index contributed by atoms with van der Waals surface area (Å²) >= 11 is 0. The lowest BCUT2D eigenvalue weighted by atomic mass is 9.99. The molecule has 0 spiro atoms. The van der Waals surface area contributed by atoms with Crippen molar-refractivity contribution in [2.45, 2.75) is 468 Å². The van der Waals surface area contributed by atoms with E-state index in [1.807, 2.05) is 6.08 Å². The number of allylic oxidation sites excluding steroid dienone is 7. The lowest BCUT2D eigenvalue weighted by molar-refractivity contribution is -0.302. The van der Waals surface area contributed by atoms with E-state index in [2.05, 4.69) is 55.6 Å². The van der Waals surface area contributed by atoms with E-state index in [4.69, 9.17) is 14.2 Å². The third-order valence-corrected chi connectivity index (χ3v) is 20.1. The number of hydrogen-bond donors (Lipinski definition) is 6. The van der Waals surface area contributed by atoms with Crippen molar-refractivity contribution in [2.24, 2.45) is 0 Å². The molecule has 0 bridgehead atoms. The van der Waals surface area contributed by atoms with E-state index in [1.165, 1.54) is 334 Å². The lowest BCUT2D eigenvalue weighted by Crippen LogP contribution is -2.60. The third kappa shape index (κ3) is 63.1. The van der Waals surface area contributed by atoms with E-state index in [0.29, 0.717) is 19.4 Å². The Balaban J connectivity index is 1.90. The van der Waals surface area contributed by atoms with Crippen LogP contribution in [0.25, 0.3) is 0 Å². The quantitative estimate of drug-likeness (QED) is 0.0195. The normalized spacial score (nSPS) is 17.5. The van der Waals surface area contributed by atoms with Crippen molar-refractivity contribution in [2.75, 3.05) is 19.8 Å². The van der Waals surface area contributed by atoms with Gasteiger partial charge in [-0.2, -0.15) is 0 Å². The van der Waals surface area contributed by atoms with Gasteiger partial charge in [-0.25, -0.2) is 0 Å². The Bertz CT molecular complexity index is 1750. The van der Waals surface area contributed by atoms with E-state index >= 15 is 0 Å². The summed E-state index contributed by atoms with van der Waals surface area (Å²) in [5.74, 6) is -0.170. The molecule has 0 aromatic rings. The van der Waals surface area contributed by atoms with Crippen LogP contribution in [0.1, 0.15) is 425 Å². The maximum atomic E-state index is 13.1. The van der Waals surface area contributed by atoms with Crippen molar-refractivity contribution in [1.29, 1.82) is 0 Å². The molecule has 570 valence electrons. The van der Waals surface area contributed by atoms with Crippen LogP contribution < -0.4 is 5.32 Å². The Labute approximate surface area is 599 Å². The van der Waals surface area contributed by atoms with Crippen molar-refractivity contribution in [3.8, 4) is 0 Å². The van der Waals surface area contributed by atoms with Crippen molar-refractivity contribution in [3.63, 3.8) is 0 Å². The monoisotopic (exact) mass is 1370 g/mol. The molecule has 1 heterocycles. The van der Waals surface area contributed by atoms with Gasteiger partial charge in [0.1, 0.15) is 24.4 Å². The van der Waals surface area contributed by atoms with E-state index in [1.54, 1.807) is 6.08 Å². The maximum absolute atomic E-state index is 13.1. The number of ether oxygens (including phenoxy) is 3. The fourth-order valence-corrected chi connectivity index (χ4v) is 13.5. The van der Waals surface area contributed by atoms with Gasteiger partial charge in [0.15, 0.2) is 6.29 Å². The fourth-order valence-electron chi connectivity index (χ4n) is 13.5. The van der Waals surface area contributed by atoms with Gasteiger partial charge in [0.2, 0.25) is 5.91 Å². The second-order valence-corrected chi connectivity index (χ2v) is 29.5. The highest BCUT2D eigenvalue weighted by atomic mass is 16.7. The molecule has 0 aromatic heterocycles. The average molecular weight is 1370 g/mol. The summed E-state index contributed by atoms with van der Waals surface area (Å²) in [6.07, 6.45) is 90.2. The van der Waals surface area contributed by atoms with Crippen LogP contribution in [0.2, 0.25) is 0 Å². The summed E-state index contributed by atoms with van der Waals surface area (Å²) in [5.41, 5.74) is 0. The van der Waals surface area contributed by atoms with Gasteiger partial charge in [-0.15, -0.1) is 0 Å². The second-order valence-electron chi connectivity index (χ2n) is 29.5. The van der Waals surface area contributed by atoms with Crippen LogP contribution in [0.5, 0.6) is 0 Å². The molecule has 1 fully saturated rings. The Morgan fingerprint density at radius 3 is 1.02 bits per heavy atom. The molecule has 1 aliphatic heterocycles. The number of aliphatic hydroxyl groups excluding tert-OH is 5. The van der Waals surface area contributed by atoms with Crippen molar-refractivity contribution in [1.82, 2.24) is 5.32 Å². The number of esters is 1. The van der Waals surface area contributed by atoms with Gasteiger partial charge in [-0.05, 0) is 83.5 Å². The Hall–Kier alpha value is -2.38. The SMILES string of the molecule is CCCCCCC/C=C/CC/C=C/CC/C=C/C(O)C(COC1OC(CO)C(O)C(O)C1O)NC(=O)CCCCCCCCCCCCCCCCCCC/C=C\CCCCCCCCCCCCCCCCCCCCOC(=O)CCCCCCCCCCCCCCCCC. The number of rotatable bonds is 76. The number of unbranched alkanes of at least 4 members (excludes halogenated alkanes) is 56. The van der Waals surface area contributed by atoms with Gasteiger partial charge in [0, 0.05) is 12.8 Å². The zero-order chi connectivity index (χ0) is 70.1. The maximum Gasteiger partial charge on any atom is 0.305 e. The Kier molecular flexibility index (Phi) is 71.4. The van der Waals surface area contributed by atoms with Gasteiger partial charge in [-0.3, -0.25) is 9.59 Å². The summed E-state index contributed by atoms with van der Waals surface area (Å²) in [6.45, 7) is 4.37. The first-order chi connectivity index (χ1) is 47.7. The Morgan fingerprint density at radius 2 is 0.670 bits per heavy atom. The summed E-state index contributed by atoms with van der Waals surface area (Å²) < 4.78 is 16.8. The minimum Gasteiger partial charge on any atom is -0.466 e. The number of amides is 1. The predicted octanol–water partition coefficient (Wildman–Crippen LogP) is 23.4. The standard InChI is InChI=1S/C86H161NO10/c1-3-5-7-9-11-13-15-17-44-48-52-56-60-64-68-72-79(89)78(77-96-86-85(94)84(93)83(92)80(76-88)97-86)87-81(90)73-69-65-61-57-53-49-46-42-40-38-36-34-32-30-28-26-24-22-20-19-21-23-25-27-29-31-33-35-37-39-41-43-47-51-55-59-63-67-71-75-95-82(91)74-70-66-62-58-54-50-45-18-16-14-12-10-8-6-4-2/h15,17,19-20,52,56,68,72,78-80,83-86,88-89,92-94H,3-14,16,18,21-51,53-55,57-67,69-71,73-77H2,1-2H3,(H,87,90)/b17-15+,20-19-,56-52+,72-68+. The van der Waals surface area contributed by atoms with Crippen LogP contribution >= 0.6 is 0 Å². The number of nitrogens with one attached hydrogen (secondary N) is 1. The molecule has 11 nitrogen and oxygen atoms in total. The highest BCUT2D eigenvalue weighted by Crippen LogP contribution is 2.24. The largest absolute Gasteiger partial charge is 0.466 e. The molecule has 1 amide bonds. The molecule has 0 aromatic carbocycles. The van der Waals surface area contributed by atoms with Crippen LogP contribution in [0.3, 0.4) is 0 Å². The minimum absolute atomic E-state index is 0.0201. The van der Waals surface area contributed by atoms with Gasteiger partial charge in [-0.1, -0.05) is 377 Å². The highest BCUT2D eigenvalue weighted by Gasteiger charge is 2.44. The summed E-state index contributed by atoms with van der Waals surface area (Å²) in [7, 11) is 0. The number of aliphatic hydroxyl groups is 5. The molecule has 0 radical (unpaired) electrons. The van der Waals surface area contributed by atoms with E-state index < -0.39 is 49.5 Å². The lowest BCUT2D eigenvalue weighted by Gasteiger charge is -2.40. The zero-order valence-electron chi connectivity index (χ0n) is 63.8. The van der Waals surface area contributed by atoms with Crippen LogP contribution in [-0.2, 0) is 23.8 Å². The summed E-state index contributed by atoms with van der Waals surface area (Å²) in [4.78, 5) is 25.2. The second kappa shape index (κ2) is 74.8. The molecule has 1 saturated heterocycles. The molecule has 7 atom stereocenters. The molecule has 0 saturated carbocycles. The molecule has 1 aliphatic rings. The highest BCUT2D eigenvalue weighted by molar-refractivity contribution is 5.76. The average Bonchev–Trinajstić information content (AvgIpc) is 0.839. The molecular weight excluding hydrogens is 1210 g/mol. The van der Waals surface area contributed by atoms with Crippen LogP contribution in [0, 0.1) is 0 Å². The Morgan fingerprint density at radius 1 is 0.371 bits per heavy atom. The molecule has 1 rings (SSSR count). The molecule has 6 N–H and O–H groups in total. The van der Waals surface area contributed by atoms with Crippen LogP contribution in [-0.4, -0.2) is 100 Å². The first-order valence-electron chi connectivity index (χ1n) is 42.4. The van der Waals surface area contributed by atoms with Crippen LogP contribution in [0.4, 0.5) is 0 Å². The van der Waals surface area contributed by atoms with E-state index in [0.717, 1.165) is 64.2 Å². The van der Waals surface area contributed by atoms with Crippen molar-refractivity contribution >= 4 is 11.9 Å². The number of hydrogen-bond acceptors (Lipinski definition) is 10. The van der Waals surface area contributed by atoms with Gasteiger partial charge >= 0.3 is 5.97 Å².